The van der Waals surface area contributed by atoms with Crippen molar-refractivity contribution in [1.29, 1.82) is 0 Å². The highest BCUT2D eigenvalue weighted by Crippen LogP contribution is 2.39. The van der Waals surface area contributed by atoms with Gasteiger partial charge >= 0.3 is 0 Å². The highest BCUT2D eigenvalue weighted by atomic mass is 79.9. The zero-order chi connectivity index (χ0) is 13.5. The van der Waals surface area contributed by atoms with Crippen molar-refractivity contribution in [3.05, 3.63) is 40.0 Å². The van der Waals surface area contributed by atoms with Crippen molar-refractivity contribution in [2.75, 3.05) is 11.9 Å². The van der Waals surface area contributed by atoms with Crippen molar-refractivity contribution >= 4 is 21.7 Å². The summed E-state index contributed by atoms with van der Waals surface area (Å²) in [5.41, 5.74) is 3.95. The second-order valence-electron chi connectivity index (χ2n) is 5.76. The quantitative estimate of drug-likeness (QED) is 0.890. The molecule has 0 bridgehead atoms. The Hall–Kier alpha value is -1.29. The van der Waals surface area contributed by atoms with Gasteiger partial charge in [0.15, 0.2) is 0 Å². The van der Waals surface area contributed by atoms with E-state index in [2.05, 4.69) is 50.2 Å². The molecule has 2 aliphatic rings. The van der Waals surface area contributed by atoms with Crippen molar-refractivity contribution in [2.24, 2.45) is 0 Å². The number of benzene rings is 1. The van der Waals surface area contributed by atoms with Crippen LogP contribution in [0.25, 0.3) is 5.69 Å². The zero-order valence-corrected chi connectivity index (χ0v) is 13.0. The summed E-state index contributed by atoms with van der Waals surface area (Å²) in [5, 5.41) is 8.47. The number of fused-ring (bicyclic) bond motifs is 1. The lowest BCUT2D eigenvalue weighted by Crippen LogP contribution is -2.06. The van der Waals surface area contributed by atoms with Crippen molar-refractivity contribution in [3.8, 4) is 5.69 Å². The Balaban J connectivity index is 1.80. The van der Waals surface area contributed by atoms with E-state index in [0.717, 1.165) is 23.1 Å². The van der Waals surface area contributed by atoms with Crippen LogP contribution >= 0.6 is 15.9 Å². The molecule has 1 saturated carbocycles. The van der Waals surface area contributed by atoms with E-state index in [9.17, 15) is 0 Å². The SMILES string of the molecule is Brc1ccc(-n2nc(C3CCCC3)c3c2NCC3)cc1. The Morgan fingerprint density at radius 3 is 2.65 bits per heavy atom. The molecule has 20 heavy (non-hydrogen) atoms. The molecule has 0 spiro atoms. The highest BCUT2D eigenvalue weighted by Gasteiger charge is 2.29. The first kappa shape index (κ1) is 12.5. The Morgan fingerprint density at radius 2 is 1.90 bits per heavy atom. The lowest BCUT2D eigenvalue weighted by atomic mass is 9.99. The smallest absolute Gasteiger partial charge is 0.133 e. The highest BCUT2D eigenvalue weighted by molar-refractivity contribution is 9.10. The van der Waals surface area contributed by atoms with Gasteiger partial charge in [0.25, 0.3) is 0 Å². The van der Waals surface area contributed by atoms with E-state index in [1.54, 1.807) is 0 Å². The summed E-state index contributed by atoms with van der Waals surface area (Å²) in [6, 6.07) is 8.40. The summed E-state index contributed by atoms with van der Waals surface area (Å²) >= 11 is 3.49. The average Bonchev–Trinajstić information content (AvgIpc) is 3.16. The third-order valence-corrected chi connectivity index (χ3v) is 5.02. The molecule has 0 saturated heterocycles. The van der Waals surface area contributed by atoms with Gasteiger partial charge in [0, 0.05) is 22.5 Å². The van der Waals surface area contributed by atoms with Crippen LogP contribution in [-0.4, -0.2) is 16.3 Å². The predicted octanol–water partition coefficient (Wildman–Crippen LogP) is 4.26. The van der Waals surface area contributed by atoms with Gasteiger partial charge in [0.1, 0.15) is 5.82 Å². The Labute approximate surface area is 127 Å². The van der Waals surface area contributed by atoms with Gasteiger partial charge in [0.05, 0.1) is 11.4 Å². The zero-order valence-electron chi connectivity index (χ0n) is 11.4. The van der Waals surface area contributed by atoms with Crippen LogP contribution in [0.3, 0.4) is 0 Å². The molecule has 2 heterocycles. The van der Waals surface area contributed by atoms with Crippen LogP contribution in [0.2, 0.25) is 0 Å². The minimum Gasteiger partial charge on any atom is -0.369 e. The molecular weight excluding hydrogens is 314 g/mol. The fourth-order valence-corrected chi connectivity index (χ4v) is 3.76. The van der Waals surface area contributed by atoms with Crippen LogP contribution in [0.1, 0.15) is 42.9 Å². The van der Waals surface area contributed by atoms with Crippen molar-refractivity contribution in [2.45, 2.75) is 38.0 Å². The number of hydrogen-bond donors (Lipinski definition) is 1. The molecule has 1 aromatic carbocycles. The molecular formula is C16H18BrN3. The molecule has 2 aromatic rings. The summed E-state index contributed by atoms with van der Waals surface area (Å²) in [4.78, 5) is 0. The van der Waals surface area contributed by atoms with E-state index in [1.807, 2.05) is 0 Å². The number of aromatic nitrogens is 2. The molecule has 4 rings (SSSR count). The van der Waals surface area contributed by atoms with E-state index in [1.165, 1.54) is 42.8 Å². The summed E-state index contributed by atoms with van der Waals surface area (Å²) in [6.45, 7) is 1.05. The number of halogens is 1. The molecule has 0 unspecified atom stereocenters. The minimum absolute atomic E-state index is 0.681. The first-order valence-corrected chi connectivity index (χ1v) is 8.24. The second-order valence-corrected chi connectivity index (χ2v) is 6.67. The number of rotatable bonds is 2. The Morgan fingerprint density at radius 1 is 1.15 bits per heavy atom. The van der Waals surface area contributed by atoms with Gasteiger partial charge in [-0.15, -0.1) is 0 Å². The lowest BCUT2D eigenvalue weighted by Gasteiger charge is -2.08. The van der Waals surface area contributed by atoms with Crippen molar-refractivity contribution < 1.29 is 0 Å². The first-order valence-electron chi connectivity index (χ1n) is 7.44. The van der Waals surface area contributed by atoms with E-state index in [-0.39, 0.29) is 0 Å². The molecule has 3 nitrogen and oxygen atoms in total. The first-order chi connectivity index (χ1) is 9.83. The molecule has 104 valence electrons. The fourth-order valence-electron chi connectivity index (χ4n) is 3.50. The fraction of sp³-hybridized carbons (Fsp3) is 0.438. The second kappa shape index (κ2) is 4.92. The Kier molecular flexibility index (Phi) is 3.06. The van der Waals surface area contributed by atoms with Crippen LogP contribution in [0.4, 0.5) is 5.82 Å². The van der Waals surface area contributed by atoms with Gasteiger partial charge in [-0.25, -0.2) is 4.68 Å². The summed E-state index contributed by atoms with van der Waals surface area (Å²) < 4.78 is 3.21. The van der Waals surface area contributed by atoms with Crippen LogP contribution in [0.5, 0.6) is 0 Å². The van der Waals surface area contributed by atoms with Gasteiger partial charge in [0.2, 0.25) is 0 Å². The molecule has 4 heteroatoms. The van der Waals surface area contributed by atoms with Gasteiger partial charge in [-0.1, -0.05) is 28.8 Å². The van der Waals surface area contributed by atoms with Gasteiger partial charge in [-0.05, 0) is 43.5 Å². The molecule has 1 aromatic heterocycles. The molecule has 1 fully saturated rings. The molecule has 1 N–H and O–H groups in total. The summed E-state index contributed by atoms with van der Waals surface area (Å²) in [7, 11) is 0. The molecule has 0 radical (unpaired) electrons. The number of anilines is 1. The molecule has 0 atom stereocenters. The maximum atomic E-state index is 4.95. The topological polar surface area (TPSA) is 29.9 Å². The normalized spacial score (nSPS) is 18.2. The van der Waals surface area contributed by atoms with Gasteiger partial charge in [-0.2, -0.15) is 5.10 Å². The van der Waals surface area contributed by atoms with Crippen LogP contribution < -0.4 is 5.32 Å². The summed E-state index contributed by atoms with van der Waals surface area (Å²) in [5.74, 6) is 1.90. The minimum atomic E-state index is 0.681. The Bertz CT molecular complexity index is 624. The van der Waals surface area contributed by atoms with Crippen LogP contribution in [0, 0.1) is 0 Å². The third kappa shape index (κ3) is 1.97. The number of nitrogens with zero attached hydrogens (tertiary/aromatic N) is 2. The van der Waals surface area contributed by atoms with Crippen LogP contribution in [0.15, 0.2) is 28.7 Å². The molecule has 1 aliphatic heterocycles. The van der Waals surface area contributed by atoms with E-state index < -0.39 is 0 Å². The van der Waals surface area contributed by atoms with Crippen LogP contribution in [-0.2, 0) is 6.42 Å². The predicted molar refractivity (Wildman–Crippen MR) is 84.7 cm³/mol. The third-order valence-electron chi connectivity index (χ3n) is 4.50. The standard InChI is InChI=1S/C16H18BrN3/c17-12-5-7-13(8-6-12)20-16-14(9-10-18-16)15(19-20)11-3-1-2-4-11/h5-8,11,18H,1-4,9-10H2. The van der Waals surface area contributed by atoms with E-state index in [4.69, 9.17) is 5.10 Å². The van der Waals surface area contributed by atoms with Gasteiger partial charge < -0.3 is 5.32 Å². The van der Waals surface area contributed by atoms with E-state index >= 15 is 0 Å². The lowest BCUT2D eigenvalue weighted by molar-refractivity contribution is 0.670. The van der Waals surface area contributed by atoms with E-state index in [0.29, 0.717) is 5.92 Å². The summed E-state index contributed by atoms with van der Waals surface area (Å²) in [6.07, 6.45) is 6.46. The molecule has 0 amide bonds. The van der Waals surface area contributed by atoms with Crippen molar-refractivity contribution in [3.63, 3.8) is 0 Å². The monoisotopic (exact) mass is 331 g/mol. The molecule has 1 aliphatic carbocycles. The number of hydrogen-bond acceptors (Lipinski definition) is 2. The van der Waals surface area contributed by atoms with Gasteiger partial charge in [-0.3, -0.25) is 0 Å². The average molecular weight is 332 g/mol. The largest absolute Gasteiger partial charge is 0.369 e. The maximum absolute atomic E-state index is 4.95. The van der Waals surface area contributed by atoms with Crippen molar-refractivity contribution in [1.82, 2.24) is 9.78 Å². The maximum Gasteiger partial charge on any atom is 0.133 e. The number of nitrogens with one attached hydrogen (secondary N) is 1.